The van der Waals surface area contributed by atoms with E-state index in [9.17, 15) is 13.2 Å². The minimum atomic E-state index is -4.15. The van der Waals surface area contributed by atoms with Crippen LogP contribution in [-0.2, 0) is 4.74 Å². The molecule has 0 amide bonds. The molecule has 0 aliphatic carbocycles. The highest BCUT2D eigenvalue weighted by Gasteiger charge is 2.57. The molecule has 0 aromatic carbocycles. The molecule has 1 saturated heterocycles. The smallest absolute Gasteiger partial charge is 0.360 e. The largest absolute Gasteiger partial charge is 0.417 e. The number of halogens is 3. The van der Waals surface area contributed by atoms with Gasteiger partial charge >= 0.3 is 6.18 Å². The van der Waals surface area contributed by atoms with Crippen molar-refractivity contribution < 1.29 is 17.9 Å². The molecule has 0 N–H and O–H groups in total. The number of rotatable bonds is 9. The third kappa shape index (κ3) is 6.29. The normalized spacial score (nSPS) is 24.0. The quantitative estimate of drug-likeness (QED) is 0.422. The van der Waals surface area contributed by atoms with E-state index in [0.717, 1.165) is 19.3 Å². The van der Waals surface area contributed by atoms with Gasteiger partial charge < -0.3 is 4.74 Å². The predicted molar refractivity (Wildman–Crippen MR) is 61.9 cm³/mol. The van der Waals surface area contributed by atoms with E-state index in [1.54, 1.807) is 0 Å². The molecule has 0 spiro atoms. The van der Waals surface area contributed by atoms with Crippen LogP contribution in [0.15, 0.2) is 0 Å². The zero-order valence-corrected chi connectivity index (χ0v) is 10.6. The molecular weight excluding hydrogens is 229 g/mol. The standard InChI is InChI=1S/C13H23F3O/c1-2-3-4-5-6-7-8-9-10-11-12(17-11)13(14,15)16/h11-12H,2-10H2,1H3. The summed E-state index contributed by atoms with van der Waals surface area (Å²) >= 11 is 0. The number of unbranched alkanes of at least 4 members (excludes halogenated alkanes) is 7. The van der Waals surface area contributed by atoms with Crippen molar-refractivity contribution in [1.29, 1.82) is 0 Å². The molecule has 1 heterocycles. The van der Waals surface area contributed by atoms with Gasteiger partial charge in [-0.15, -0.1) is 0 Å². The molecule has 0 aromatic heterocycles. The van der Waals surface area contributed by atoms with Crippen LogP contribution in [0.1, 0.15) is 64.7 Å². The van der Waals surface area contributed by atoms with Crippen molar-refractivity contribution in [3.8, 4) is 0 Å². The van der Waals surface area contributed by atoms with Crippen molar-refractivity contribution in [1.82, 2.24) is 0 Å². The van der Waals surface area contributed by atoms with Crippen LogP contribution in [0.5, 0.6) is 0 Å². The second kappa shape index (κ2) is 7.24. The summed E-state index contributed by atoms with van der Waals surface area (Å²) in [6, 6.07) is 0. The lowest BCUT2D eigenvalue weighted by Gasteiger charge is -2.01. The first kappa shape index (κ1) is 14.8. The molecule has 1 aliphatic rings. The first-order valence-corrected chi connectivity index (χ1v) is 6.78. The molecular formula is C13H23F3O. The Kier molecular flexibility index (Phi) is 6.31. The van der Waals surface area contributed by atoms with Crippen LogP contribution in [0, 0.1) is 0 Å². The lowest BCUT2D eigenvalue weighted by atomic mass is 10.1. The zero-order valence-electron chi connectivity index (χ0n) is 10.6. The van der Waals surface area contributed by atoms with Gasteiger partial charge in [0.1, 0.15) is 0 Å². The van der Waals surface area contributed by atoms with Crippen molar-refractivity contribution in [2.24, 2.45) is 0 Å². The Balaban J connectivity index is 1.83. The summed E-state index contributed by atoms with van der Waals surface area (Å²) in [5.74, 6) is 0. The van der Waals surface area contributed by atoms with Crippen LogP contribution in [0.4, 0.5) is 13.2 Å². The van der Waals surface area contributed by atoms with Crippen LogP contribution in [0.3, 0.4) is 0 Å². The Morgan fingerprint density at radius 3 is 1.88 bits per heavy atom. The molecule has 102 valence electrons. The highest BCUT2D eigenvalue weighted by Crippen LogP contribution is 2.40. The molecule has 1 nitrogen and oxygen atoms in total. The van der Waals surface area contributed by atoms with Crippen molar-refractivity contribution in [3.63, 3.8) is 0 Å². The molecule has 1 rings (SSSR count). The summed E-state index contributed by atoms with van der Waals surface area (Å²) in [4.78, 5) is 0. The average Bonchev–Trinajstić information content (AvgIpc) is 3.01. The third-order valence-corrected chi connectivity index (χ3v) is 3.25. The van der Waals surface area contributed by atoms with Crippen molar-refractivity contribution in [2.45, 2.75) is 83.1 Å². The summed E-state index contributed by atoms with van der Waals surface area (Å²) in [6.07, 6.45) is 3.77. The molecule has 0 aromatic rings. The van der Waals surface area contributed by atoms with Gasteiger partial charge in [0, 0.05) is 0 Å². The van der Waals surface area contributed by atoms with Gasteiger partial charge in [-0.2, -0.15) is 13.2 Å². The van der Waals surface area contributed by atoms with Crippen LogP contribution in [0.2, 0.25) is 0 Å². The Morgan fingerprint density at radius 1 is 0.882 bits per heavy atom. The van der Waals surface area contributed by atoms with Gasteiger partial charge in [0.15, 0.2) is 6.10 Å². The number of ether oxygens (including phenoxy) is 1. The van der Waals surface area contributed by atoms with Gasteiger partial charge in [-0.05, 0) is 6.42 Å². The van der Waals surface area contributed by atoms with E-state index in [1.807, 2.05) is 0 Å². The second-order valence-electron chi connectivity index (χ2n) is 4.90. The first-order chi connectivity index (χ1) is 8.05. The number of epoxide rings is 1. The summed E-state index contributed by atoms with van der Waals surface area (Å²) in [7, 11) is 0. The maximum absolute atomic E-state index is 12.1. The lowest BCUT2D eigenvalue weighted by molar-refractivity contribution is -0.146. The monoisotopic (exact) mass is 252 g/mol. The fourth-order valence-corrected chi connectivity index (χ4v) is 2.13. The molecule has 4 heteroatoms. The lowest BCUT2D eigenvalue weighted by Crippen LogP contribution is -2.18. The molecule has 0 bridgehead atoms. The van der Waals surface area contributed by atoms with Gasteiger partial charge in [-0.1, -0.05) is 58.3 Å². The molecule has 2 atom stereocenters. The van der Waals surface area contributed by atoms with E-state index >= 15 is 0 Å². The SMILES string of the molecule is CCCCCCCCCCC1OC1C(F)(F)F. The second-order valence-corrected chi connectivity index (χ2v) is 4.90. The third-order valence-electron chi connectivity index (χ3n) is 3.25. The van der Waals surface area contributed by atoms with Gasteiger partial charge in [0.2, 0.25) is 0 Å². The fraction of sp³-hybridized carbons (Fsp3) is 1.00. The topological polar surface area (TPSA) is 12.5 Å². The van der Waals surface area contributed by atoms with Gasteiger partial charge in [-0.25, -0.2) is 0 Å². The molecule has 1 aliphatic heterocycles. The molecule has 2 unspecified atom stereocenters. The average molecular weight is 252 g/mol. The zero-order chi connectivity index (χ0) is 12.7. The number of hydrogen-bond donors (Lipinski definition) is 0. The van der Waals surface area contributed by atoms with E-state index < -0.39 is 18.4 Å². The summed E-state index contributed by atoms with van der Waals surface area (Å²) in [5.41, 5.74) is 0. The van der Waals surface area contributed by atoms with Crippen LogP contribution < -0.4 is 0 Å². The van der Waals surface area contributed by atoms with E-state index in [-0.39, 0.29) is 0 Å². The highest BCUT2D eigenvalue weighted by molar-refractivity contribution is 4.90. The van der Waals surface area contributed by atoms with Crippen molar-refractivity contribution in [3.05, 3.63) is 0 Å². The molecule has 1 fully saturated rings. The summed E-state index contributed by atoms with van der Waals surface area (Å²) < 4.78 is 41.0. The Labute approximate surface area is 102 Å². The van der Waals surface area contributed by atoms with Crippen LogP contribution in [-0.4, -0.2) is 18.4 Å². The number of alkyl halides is 3. The van der Waals surface area contributed by atoms with Crippen LogP contribution >= 0.6 is 0 Å². The van der Waals surface area contributed by atoms with Gasteiger partial charge in [-0.3, -0.25) is 0 Å². The highest BCUT2D eigenvalue weighted by atomic mass is 19.4. The minimum absolute atomic E-state index is 0.546. The maximum Gasteiger partial charge on any atom is 0.417 e. The van der Waals surface area contributed by atoms with E-state index in [1.165, 1.54) is 32.1 Å². The fourth-order valence-electron chi connectivity index (χ4n) is 2.13. The van der Waals surface area contributed by atoms with Crippen LogP contribution in [0.25, 0.3) is 0 Å². The van der Waals surface area contributed by atoms with E-state index in [4.69, 9.17) is 0 Å². The minimum Gasteiger partial charge on any atom is -0.360 e. The Bertz CT molecular complexity index is 203. The van der Waals surface area contributed by atoms with E-state index in [2.05, 4.69) is 11.7 Å². The molecule has 0 saturated carbocycles. The van der Waals surface area contributed by atoms with Gasteiger partial charge in [0.25, 0.3) is 0 Å². The van der Waals surface area contributed by atoms with Crippen molar-refractivity contribution in [2.75, 3.05) is 0 Å². The van der Waals surface area contributed by atoms with Crippen molar-refractivity contribution >= 4 is 0 Å². The predicted octanol–water partition coefficient (Wildman–Crippen LogP) is 4.85. The molecule has 17 heavy (non-hydrogen) atoms. The summed E-state index contributed by atoms with van der Waals surface area (Å²) in [6.45, 7) is 2.19. The van der Waals surface area contributed by atoms with E-state index in [0.29, 0.717) is 6.42 Å². The summed E-state index contributed by atoms with van der Waals surface area (Å²) in [5, 5.41) is 0. The Morgan fingerprint density at radius 2 is 1.41 bits per heavy atom. The molecule has 0 radical (unpaired) electrons. The van der Waals surface area contributed by atoms with Gasteiger partial charge in [0.05, 0.1) is 6.10 Å². The first-order valence-electron chi connectivity index (χ1n) is 6.78. The maximum atomic E-state index is 12.1. The number of hydrogen-bond acceptors (Lipinski definition) is 1. The Hall–Kier alpha value is -0.250.